The van der Waals surface area contributed by atoms with Crippen LogP contribution in [-0.4, -0.2) is 30.3 Å². The van der Waals surface area contributed by atoms with Gasteiger partial charge in [-0.2, -0.15) is 0 Å². The van der Waals surface area contributed by atoms with Crippen molar-refractivity contribution in [3.63, 3.8) is 0 Å². The lowest BCUT2D eigenvalue weighted by atomic mass is 10.0. The van der Waals surface area contributed by atoms with Gasteiger partial charge >= 0.3 is 0 Å². The predicted molar refractivity (Wildman–Crippen MR) is 93.9 cm³/mol. The van der Waals surface area contributed by atoms with Gasteiger partial charge in [-0.25, -0.2) is 0 Å². The van der Waals surface area contributed by atoms with E-state index >= 15 is 0 Å². The molecule has 2 N–H and O–H groups in total. The third-order valence-corrected chi connectivity index (χ3v) is 4.31. The molecule has 1 heterocycles. The standard InChI is InChI=1S/C18H18BrNO4/c19-14-6-7-16-15(8-14)20-18(22)17(24-16)13(9-21)11-23-10-12-4-2-1-3-5-12/h1-8,13,17,21H,9-11H2,(H,20,22)/t13?,17-/m0/s1. The monoisotopic (exact) mass is 391 g/mol. The minimum Gasteiger partial charge on any atom is -0.478 e. The molecule has 0 spiro atoms. The van der Waals surface area contributed by atoms with Crippen molar-refractivity contribution in [1.29, 1.82) is 0 Å². The normalized spacial score (nSPS) is 17.6. The predicted octanol–water partition coefficient (Wildman–Crippen LogP) is 2.97. The largest absolute Gasteiger partial charge is 0.478 e. The molecule has 0 aliphatic carbocycles. The highest BCUT2D eigenvalue weighted by molar-refractivity contribution is 9.10. The van der Waals surface area contributed by atoms with E-state index in [1.165, 1.54) is 0 Å². The Balaban J connectivity index is 1.63. The smallest absolute Gasteiger partial charge is 0.266 e. The van der Waals surface area contributed by atoms with Gasteiger partial charge in [-0.05, 0) is 23.8 Å². The minimum atomic E-state index is -0.778. The van der Waals surface area contributed by atoms with E-state index in [1.807, 2.05) is 36.4 Å². The summed E-state index contributed by atoms with van der Waals surface area (Å²) < 4.78 is 12.3. The number of halogens is 1. The molecule has 0 saturated heterocycles. The summed E-state index contributed by atoms with van der Waals surface area (Å²) in [6, 6.07) is 15.2. The summed E-state index contributed by atoms with van der Waals surface area (Å²) in [5, 5.41) is 12.5. The van der Waals surface area contributed by atoms with E-state index in [1.54, 1.807) is 12.1 Å². The minimum absolute atomic E-state index is 0.196. The SMILES string of the molecule is O=C1Nc2cc(Br)ccc2O[C@H]1C(CO)COCc1ccccc1. The second-order valence-electron chi connectivity index (χ2n) is 5.61. The first-order valence-corrected chi connectivity index (χ1v) is 8.46. The van der Waals surface area contributed by atoms with Crippen LogP contribution in [0, 0.1) is 5.92 Å². The van der Waals surface area contributed by atoms with Gasteiger partial charge in [0.05, 0.1) is 31.4 Å². The molecule has 1 amide bonds. The molecule has 0 fully saturated rings. The molecule has 0 saturated carbocycles. The van der Waals surface area contributed by atoms with Crippen molar-refractivity contribution in [3.8, 4) is 5.75 Å². The van der Waals surface area contributed by atoms with Crippen molar-refractivity contribution >= 4 is 27.5 Å². The number of aliphatic hydroxyl groups excluding tert-OH is 1. The van der Waals surface area contributed by atoms with Crippen LogP contribution in [0.25, 0.3) is 0 Å². The van der Waals surface area contributed by atoms with Gasteiger partial charge in [-0.1, -0.05) is 46.3 Å². The summed E-state index contributed by atoms with van der Waals surface area (Å²) in [5.74, 6) is -0.127. The Bertz CT molecular complexity index is 707. The zero-order chi connectivity index (χ0) is 16.9. The van der Waals surface area contributed by atoms with E-state index in [0.29, 0.717) is 18.0 Å². The molecule has 2 aromatic carbocycles. The topological polar surface area (TPSA) is 67.8 Å². The summed E-state index contributed by atoms with van der Waals surface area (Å²) in [6.07, 6.45) is -0.778. The van der Waals surface area contributed by atoms with Gasteiger partial charge in [0, 0.05) is 4.47 Å². The Morgan fingerprint density at radius 2 is 2.04 bits per heavy atom. The number of nitrogens with one attached hydrogen (secondary N) is 1. The van der Waals surface area contributed by atoms with Crippen LogP contribution in [0.5, 0.6) is 5.75 Å². The molecule has 1 aliphatic heterocycles. The fourth-order valence-electron chi connectivity index (χ4n) is 2.55. The third kappa shape index (κ3) is 3.95. The van der Waals surface area contributed by atoms with E-state index in [9.17, 15) is 9.90 Å². The first kappa shape index (κ1) is 17.0. The van der Waals surface area contributed by atoms with E-state index in [4.69, 9.17) is 9.47 Å². The molecule has 2 aromatic rings. The third-order valence-electron chi connectivity index (χ3n) is 3.82. The van der Waals surface area contributed by atoms with Gasteiger partial charge in [0.25, 0.3) is 5.91 Å². The summed E-state index contributed by atoms with van der Waals surface area (Å²) in [6.45, 7) is 0.462. The molecule has 126 valence electrons. The van der Waals surface area contributed by atoms with Crippen LogP contribution in [0.15, 0.2) is 53.0 Å². The molecule has 0 aromatic heterocycles. The molecule has 2 atom stereocenters. The lowest BCUT2D eigenvalue weighted by Crippen LogP contribution is -2.45. The van der Waals surface area contributed by atoms with Gasteiger partial charge in [-0.15, -0.1) is 0 Å². The Labute approximate surface area is 148 Å². The van der Waals surface area contributed by atoms with Crippen molar-refractivity contribution in [2.24, 2.45) is 5.92 Å². The molecular formula is C18H18BrNO4. The summed E-state index contributed by atoms with van der Waals surface area (Å²) >= 11 is 3.36. The number of hydrogen-bond acceptors (Lipinski definition) is 4. The number of ether oxygens (including phenoxy) is 2. The average Bonchev–Trinajstić information content (AvgIpc) is 2.59. The highest BCUT2D eigenvalue weighted by atomic mass is 79.9. The maximum absolute atomic E-state index is 12.3. The van der Waals surface area contributed by atoms with Crippen LogP contribution in [0.4, 0.5) is 5.69 Å². The number of anilines is 1. The number of fused-ring (bicyclic) bond motifs is 1. The molecule has 0 bridgehead atoms. The fraction of sp³-hybridized carbons (Fsp3) is 0.278. The van der Waals surface area contributed by atoms with Crippen LogP contribution in [0.1, 0.15) is 5.56 Å². The van der Waals surface area contributed by atoms with Crippen LogP contribution in [0.3, 0.4) is 0 Å². The Morgan fingerprint density at radius 3 is 2.79 bits per heavy atom. The number of amides is 1. The zero-order valence-electron chi connectivity index (χ0n) is 12.9. The number of rotatable bonds is 6. The summed E-state index contributed by atoms with van der Waals surface area (Å²) in [7, 11) is 0. The number of aliphatic hydroxyl groups is 1. The zero-order valence-corrected chi connectivity index (χ0v) is 14.5. The Kier molecular flexibility index (Phi) is 5.50. The van der Waals surface area contributed by atoms with E-state index in [2.05, 4.69) is 21.2 Å². The van der Waals surface area contributed by atoms with Crippen molar-refractivity contribution in [3.05, 3.63) is 58.6 Å². The van der Waals surface area contributed by atoms with E-state index in [-0.39, 0.29) is 19.1 Å². The van der Waals surface area contributed by atoms with E-state index in [0.717, 1.165) is 10.0 Å². The molecule has 6 heteroatoms. The maximum Gasteiger partial charge on any atom is 0.266 e. The van der Waals surface area contributed by atoms with Crippen LogP contribution >= 0.6 is 15.9 Å². The van der Waals surface area contributed by atoms with Crippen LogP contribution in [-0.2, 0) is 16.1 Å². The molecule has 0 radical (unpaired) electrons. The lowest BCUT2D eigenvalue weighted by molar-refractivity contribution is -0.128. The van der Waals surface area contributed by atoms with E-state index < -0.39 is 12.0 Å². The van der Waals surface area contributed by atoms with Crippen molar-refractivity contribution in [2.45, 2.75) is 12.7 Å². The first-order valence-electron chi connectivity index (χ1n) is 7.67. The van der Waals surface area contributed by atoms with Crippen molar-refractivity contribution in [2.75, 3.05) is 18.5 Å². The van der Waals surface area contributed by atoms with Gasteiger partial charge in [0.15, 0.2) is 6.10 Å². The molecule has 1 aliphatic rings. The van der Waals surface area contributed by atoms with Crippen LogP contribution in [0.2, 0.25) is 0 Å². The lowest BCUT2D eigenvalue weighted by Gasteiger charge is -2.30. The van der Waals surface area contributed by atoms with Gasteiger partial charge in [0.1, 0.15) is 5.75 Å². The highest BCUT2D eigenvalue weighted by Crippen LogP contribution is 2.33. The molecule has 24 heavy (non-hydrogen) atoms. The second kappa shape index (κ2) is 7.79. The van der Waals surface area contributed by atoms with Crippen LogP contribution < -0.4 is 10.1 Å². The average molecular weight is 392 g/mol. The molecular weight excluding hydrogens is 374 g/mol. The summed E-state index contributed by atoms with van der Waals surface area (Å²) in [4.78, 5) is 12.3. The number of carbonyl (C=O) groups is 1. The van der Waals surface area contributed by atoms with Crippen molar-refractivity contribution < 1.29 is 19.4 Å². The molecule has 3 rings (SSSR count). The number of carbonyl (C=O) groups excluding carboxylic acids is 1. The number of benzene rings is 2. The summed E-state index contributed by atoms with van der Waals surface area (Å²) in [5.41, 5.74) is 1.66. The van der Waals surface area contributed by atoms with Crippen molar-refractivity contribution in [1.82, 2.24) is 0 Å². The fourth-order valence-corrected chi connectivity index (χ4v) is 2.91. The number of hydrogen-bond donors (Lipinski definition) is 2. The molecule has 1 unspecified atom stereocenters. The van der Waals surface area contributed by atoms with Gasteiger partial charge in [-0.3, -0.25) is 4.79 Å². The second-order valence-corrected chi connectivity index (χ2v) is 6.53. The maximum atomic E-state index is 12.3. The Hall–Kier alpha value is -1.89. The Morgan fingerprint density at radius 1 is 1.25 bits per heavy atom. The highest BCUT2D eigenvalue weighted by Gasteiger charge is 2.34. The van der Waals surface area contributed by atoms with Gasteiger partial charge < -0.3 is 19.9 Å². The van der Waals surface area contributed by atoms with Gasteiger partial charge in [0.2, 0.25) is 0 Å². The first-order chi connectivity index (χ1) is 11.7. The quantitative estimate of drug-likeness (QED) is 0.793. The molecule has 5 nitrogen and oxygen atoms in total.